The maximum absolute atomic E-state index is 11.2. The summed E-state index contributed by atoms with van der Waals surface area (Å²) < 4.78 is 16.5. The molecule has 1 atom stereocenters. The first-order chi connectivity index (χ1) is 8.69. The molecule has 5 heteroatoms. The summed E-state index contributed by atoms with van der Waals surface area (Å²) >= 11 is 0. The number of phenolic OH excluding ortho intramolecular Hbond substituents is 1. The van der Waals surface area contributed by atoms with Crippen LogP contribution < -0.4 is 10.1 Å². The highest BCUT2D eigenvalue weighted by Crippen LogP contribution is 2.29. The zero-order valence-electron chi connectivity index (χ0n) is 10.9. The summed E-state index contributed by atoms with van der Waals surface area (Å²) in [6.45, 7) is 5.55. The molecule has 0 aliphatic carbocycles. The molecule has 18 heavy (non-hydrogen) atoms. The van der Waals surface area contributed by atoms with E-state index in [-0.39, 0.29) is 5.75 Å². The van der Waals surface area contributed by atoms with Gasteiger partial charge in [0.2, 0.25) is 0 Å². The van der Waals surface area contributed by atoms with Crippen molar-refractivity contribution in [2.75, 3.05) is 24.7 Å². The summed E-state index contributed by atoms with van der Waals surface area (Å²) in [5, 5.41) is 13.1. The molecule has 0 bridgehead atoms. The molecule has 1 rings (SSSR count). The van der Waals surface area contributed by atoms with Crippen LogP contribution in [0.5, 0.6) is 11.5 Å². The summed E-state index contributed by atoms with van der Waals surface area (Å²) in [5.41, 5.74) is 0.795. The van der Waals surface area contributed by atoms with Gasteiger partial charge in [-0.2, -0.15) is 0 Å². The van der Waals surface area contributed by atoms with Crippen LogP contribution in [0.15, 0.2) is 18.2 Å². The Morgan fingerprint density at radius 2 is 2.17 bits per heavy atom. The molecule has 0 fully saturated rings. The van der Waals surface area contributed by atoms with Gasteiger partial charge in [-0.15, -0.1) is 0 Å². The van der Waals surface area contributed by atoms with E-state index in [0.29, 0.717) is 37.0 Å². The predicted molar refractivity (Wildman–Crippen MR) is 74.5 cm³/mol. The fraction of sp³-hybridized carbons (Fsp3) is 0.538. The zero-order valence-corrected chi connectivity index (χ0v) is 11.8. The third-order valence-electron chi connectivity index (χ3n) is 2.53. The van der Waals surface area contributed by atoms with Gasteiger partial charge in [0, 0.05) is 41.0 Å². The van der Waals surface area contributed by atoms with E-state index in [2.05, 4.69) is 5.32 Å². The van der Waals surface area contributed by atoms with Gasteiger partial charge in [-0.05, 0) is 13.0 Å². The van der Waals surface area contributed by atoms with E-state index in [9.17, 15) is 9.32 Å². The summed E-state index contributed by atoms with van der Waals surface area (Å²) in [6.07, 6.45) is 0. The van der Waals surface area contributed by atoms with Gasteiger partial charge in [0.05, 0.1) is 6.61 Å². The topological polar surface area (TPSA) is 58.6 Å². The van der Waals surface area contributed by atoms with Gasteiger partial charge in [0.15, 0.2) is 11.5 Å². The molecule has 102 valence electrons. The lowest BCUT2D eigenvalue weighted by molar-refractivity contribution is 0.316. The van der Waals surface area contributed by atoms with Crippen molar-refractivity contribution in [3.8, 4) is 11.5 Å². The first-order valence-corrected chi connectivity index (χ1v) is 7.67. The van der Waals surface area contributed by atoms with Gasteiger partial charge in [-0.25, -0.2) is 0 Å². The Kier molecular flexibility index (Phi) is 6.75. The first-order valence-electron chi connectivity index (χ1n) is 6.18. The van der Waals surface area contributed by atoms with Crippen molar-refractivity contribution in [1.29, 1.82) is 0 Å². The molecule has 1 aromatic rings. The normalized spacial score (nSPS) is 12.3. The number of hydrogen-bond acceptors (Lipinski definition) is 4. The van der Waals surface area contributed by atoms with Crippen LogP contribution in [0.3, 0.4) is 0 Å². The molecule has 4 nitrogen and oxygen atoms in total. The summed E-state index contributed by atoms with van der Waals surface area (Å²) in [6, 6.07) is 5.45. The Hall–Kier alpha value is -1.07. The van der Waals surface area contributed by atoms with Crippen LogP contribution in [0.2, 0.25) is 0 Å². The molecule has 0 saturated carbocycles. The lowest BCUT2D eigenvalue weighted by atomic mass is 10.2. The summed E-state index contributed by atoms with van der Waals surface area (Å²) in [4.78, 5) is 0. The second kappa shape index (κ2) is 8.11. The smallest absolute Gasteiger partial charge is 0.162 e. The molecule has 0 radical (unpaired) electrons. The number of ether oxygens (including phenoxy) is 1. The van der Waals surface area contributed by atoms with Gasteiger partial charge in [-0.1, -0.05) is 19.1 Å². The Bertz CT molecular complexity index is 396. The zero-order chi connectivity index (χ0) is 13.4. The fourth-order valence-electron chi connectivity index (χ4n) is 1.54. The van der Waals surface area contributed by atoms with E-state index < -0.39 is 10.8 Å². The minimum Gasteiger partial charge on any atom is -0.504 e. The quantitative estimate of drug-likeness (QED) is 0.706. The van der Waals surface area contributed by atoms with E-state index in [0.717, 1.165) is 5.56 Å². The van der Waals surface area contributed by atoms with E-state index in [4.69, 9.17) is 4.74 Å². The van der Waals surface area contributed by atoms with Crippen LogP contribution in [-0.2, 0) is 17.3 Å². The number of phenols is 1. The number of rotatable bonds is 8. The van der Waals surface area contributed by atoms with E-state index in [1.165, 1.54) is 0 Å². The van der Waals surface area contributed by atoms with Crippen LogP contribution in [0.25, 0.3) is 0 Å². The number of nitrogens with one attached hydrogen (secondary N) is 1. The third kappa shape index (κ3) is 4.66. The molecule has 1 unspecified atom stereocenters. The van der Waals surface area contributed by atoms with Gasteiger partial charge in [0.1, 0.15) is 0 Å². The maximum Gasteiger partial charge on any atom is 0.162 e. The van der Waals surface area contributed by atoms with Crippen molar-refractivity contribution in [2.45, 2.75) is 20.4 Å². The third-order valence-corrected chi connectivity index (χ3v) is 3.83. The second-order valence-electron chi connectivity index (χ2n) is 3.81. The van der Waals surface area contributed by atoms with Crippen LogP contribution in [0.1, 0.15) is 19.4 Å². The summed E-state index contributed by atoms with van der Waals surface area (Å²) in [7, 11) is -0.747. The van der Waals surface area contributed by atoms with Crippen molar-refractivity contribution in [3.05, 3.63) is 23.8 Å². The average molecular weight is 271 g/mol. The number of hydrogen-bond donors (Lipinski definition) is 2. The van der Waals surface area contributed by atoms with Crippen LogP contribution >= 0.6 is 0 Å². The standard InChI is InChI=1S/C13H21NO3S/c1-3-17-12-7-5-6-11(13(12)15)10-14-8-9-18(16)4-2/h5-7,14-15H,3-4,8-10H2,1-2H3. The summed E-state index contributed by atoms with van der Waals surface area (Å²) in [5.74, 6) is 2.02. The number of aromatic hydroxyl groups is 1. The lowest BCUT2D eigenvalue weighted by Crippen LogP contribution is -2.20. The van der Waals surface area contributed by atoms with E-state index >= 15 is 0 Å². The van der Waals surface area contributed by atoms with Crippen LogP contribution in [-0.4, -0.2) is 34.0 Å². The number of para-hydroxylation sites is 1. The Morgan fingerprint density at radius 1 is 1.39 bits per heavy atom. The molecule has 0 saturated heterocycles. The first kappa shape index (κ1) is 15.0. The Labute approximate surface area is 111 Å². The Morgan fingerprint density at radius 3 is 2.83 bits per heavy atom. The molecular weight excluding hydrogens is 250 g/mol. The fourth-order valence-corrected chi connectivity index (χ4v) is 2.20. The van der Waals surface area contributed by atoms with E-state index in [1.54, 1.807) is 6.07 Å². The molecule has 0 amide bonds. The van der Waals surface area contributed by atoms with Crippen molar-refractivity contribution in [3.63, 3.8) is 0 Å². The van der Waals surface area contributed by atoms with Gasteiger partial charge >= 0.3 is 0 Å². The second-order valence-corrected chi connectivity index (χ2v) is 5.67. The highest BCUT2D eigenvalue weighted by Gasteiger charge is 2.07. The van der Waals surface area contributed by atoms with Gasteiger partial charge in [0.25, 0.3) is 0 Å². The van der Waals surface area contributed by atoms with Crippen molar-refractivity contribution >= 4 is 10.8 Å². The molecule has 0 heterocycles. The molecule has 0 spiro atoms. The van der Waals surface area contributed by atoms with Gasteiger partial charge in [-0.3, -0.25) is 4.21 Å². The highest BCUT2D eigenvalue weighted by molar-refractivity contribution is 7.84. The van der Waals surface area contributed by atoms with Crippen molar-refractivity contribution < 1.29 is 14.1 Å². The van der Waals surface area contributed by atoms with Crippen molar-refractivity contribution in [1.82, 2.24) is 5.32 Å². The molecule has 1 aromatic carbocycles. The molecule has 0 aliphatic heterocycles. The molecule has 0 aliphatic rings. The number of benzene rings is 1. The van der Waals surface area contributed by atoms with E-state index in [1.807, 2.05) is 26.0 Å². The molecule has 0 aromatic heterocycles. The minimum absolute atomic E-state index is 0.184. The minimum atomic E-state index is -0.747. The van der Waals surface area contributed by atoms with Gasteiger partial charge < -0.3 is 15.2 Å². The largest absolute Gasteiger partial charge is 0.504 e. The van der Waals surface area contributed by atoms with Crippen molar-refractivity contribution in [2.24, 2.45) is 0 Å². The Balaban J connectivity index is 2.47. The molecule has 2 N–H and O–H groups in total. The SMILES string of the molecule is CCOc1cccc(CNCCS(=O)CC)c1O. The molecular formula is C13H21NO3S. The average Bonchev–Trinajstić information content (AvgIpc) is 2.38. The maximum atomic E-state index is 11.2. The van der Waals surface area contributed by atoms with Crippen LogP contribution in [0.4, 0.5) is 0 Å². The monoisotopic (exact) mass is 271 g/mol. The lowest BCUT2D eigenvalue weighted by Gasteiger charge is -2.10. The predicted octanol–water partition coefficient (Wildman–Crippen LogP) is 1.65. The highest BCUT2D eigenvalue weighted by atomic mass is 32.2. The van der Waals surface area contributed by atoms with Crippen LogP contribution in [0, 0.1) is 0 Å².